The van der Waals surface area contributed by atoms with Crippen LogP contribution >= 0.6 is 11.6 Å². The third kappa shape index (κ3) is 4.44. The van der Waals surface area contributed by atoms with Gasteiger partial charge in [0.2, 0.25) is 11.8 Å². The summed E-state index contributed by atoms with van der Waals surface area (Å²) in [4.78, 5) is 28.4. The van der Waals surface area contributed by atoms with E-state index in [-0.39, 0.29) is 18.1 Å². The van der Waals surface area contributed by atoms with E-state index >= 15 is 0 Å². The van der Waals surface area contributed by atoms with Crippen LogP contribution in [0.5, 0.6) is 0 Å². The molecule has 3 aromatic rings. The van der Waals surface area contributed by atoms with Crippen LogP contribution in [0.2, 0.25) is 5.02 Å². The minimum absolute atomic E-state index is 0.0518. The Labute approximate surface area is 162 Å². The molecule has 1 N–H and O–H groups in total. The summed E-state index contributed by atoms with van der Waals surface area (Å²) in [7, 11) is 0. The predicted octanol–water partition coefficient (Wildman–Crippen LogP) is 5.00. The van der Waals surface area contributed by atoms with Crippen LogP contribution in [-0.4, -0.2) is 16.7 Å². The molecular weight excluding hydrogens is 364 g/mol. The van der Waals surface area contributed by atoms with Crippen LogP contribution in [-0.2, 0) is 11.2 Å². The lowest BCUT2D eigenvalue weighted by Gasteiger charge is -2.09. The Balaban J connectivity index is 1.77. The molecule has 0 saturated heterocycles. The maximum absolute atomic E-state index is 12.5. The summed E-state index contributed by atoms with van der Waals surface area (Å²) < 4.78 is 5.69. The number of aromatic nitrogens is 1. The number of halogens is 1. The molecule has 1 aromatic heterocycles. The first-order valence-corrected chi connectivity index (χ1v) is 8.85. The molecule has 0 spiro atoms. The van der Waals surface area contributed by atoms with Crippen molar-refractivity contribution in [1.82, 2.24) is 4.98 Å². The Morgan fingerprint density at radius 3 is 2.63 bits per heavy atom. The number of nitrogens with one attached hydrogen (secondary N) is 1. The van der Waals surface area contributed by atoms with Crippen molar-refractivity contribution in [3.63, 3.8) is 0 Å². The van der Waals surface area contributed by atoms with Gasteiger partial charge in [0.15, 0.2) is 5.78 Å². The summed E-state index contributed by atoms with van der Waals surface area (Å²) in [5, 5.41) is 3.43. The molecule has 0 aliphatic carbocycles. The topological polar surface area (TPSA) is 72.2 Å². The number of nitrogens with zero attached hydrogens (tertiary/aromatic N) is 1. The van der Waals surface area contributed by atoms with Crippen LogP contribution < -0.4 is 5.32 Å². The number of Topliss-reactive ketones (excluding diaryl/α,β-unsaturated/α-hetero) is 1. The first-order chi connectivity index (χ1) is 12.8. The van der Waals surface area contributed by atoms with E-state index in [0.717, 1.165) is 11.1 Å². The highest BCUT2D eigenvalue weighted by Crippen LogP contribution is 2.25. The van der Waals surface area contributed by atoms with E-state index in [1.165, 1.54) is 6.92 Å². The average molecular weight is 383 g/mol. The lowest BCUT2D eigenvalue weighted by atomic mass is 10.1. The smallest absolute Gasteiger partial charge is 0.230 e. The molecule has 0 bridgehead atoms. The lowest BCUT2D eigenvalue weighted by molar-refractivity contribution is -0.115. The van der Waals surface area contributed by atoms with E-state index in [0.29, 0.717) is 33.6 Å². The number of benzene rings is 2. The normalized spacial score (nSPS) is 10.7. The minimum atomic E-state index is -0.229. The summed E-state index contributed by atoms with van der Waals surface area (Å²) in [5.74, 6) is 0.721. The lowest BCUT2D eigenvalue weighted by Crippen LogP contribution is -2.16. The van der Waals surface area contributed by atoms with Crippen LogP contribution in [0.4, 0.5) is 5.69 Å². The molecule has 0 unspecified atom stereocenters. The molecule has 138 valence electrons. The summed E-state index contributed by atoms with van der Waals surface area (Å²) in [6, 6.07) is 12.4. The van der Waals surface area contributed by atoms with Gasteiger partial charge in [-0.2, -0.15) is 0 Å². The second kappa shape index (κ2) is 7.76. The van der Waals surface area contributed by atoms with E-state index < -0.39 is 0 Å². The van der Waals surface area contributed by atoms with Crippen molar-refractivity contribution in [3.05, 3.63) is 70.1 Å². The van der Waals surface area contributed by atoms with E-state index in [9.17, 15) is 9.59 Å². The van der Waals surface area contributed by atoms with Crippen molar-refractivity contribution in [2.24, 2.45) is 0 Å². The van der Waals surface area contributed by atoms with Crippen LogP contribution in [0.25, 0.3) is 11.5 Å². The monoisotopic (exact) mass is 382 g/mol. The molecule has 3 rings (SSSR count). The maximum atomic E-state index is 12.5. The molecule has 0 radical (unpaired) electrons. The summed E-state index contributed by atoms with van der Waals surface area (Å²) in [6.07, 6.45) is 0.0691. The number of hydrogen-bond acceptors (Lipinski definition) is 4. The molecule has 27 heavy (non-hydrogen) atoms. The van der Waals surface area contributed by atoms with Crippen molar-refractivity contribution in [3.8, 4) is 11.5 Å². The van der Waals surface area contributed by atoms with E-state index in [4.69, 9.17) is 16.0 Å². The molecule has 0 atom stereocenters. The fraction of sp³-hybridized carbons (Fsp3) is 0.190. The molecule has 1 heterocycles. The molecule has 0 saturated carbocycles. The molecule has 0 aliphatic rings. The van der Waals surface area contributed by atoms with Gasteiger partial charge >= 0.3 is 0 Å². The quantitative estimate of drug-likeness (QED) is 0.630. The standard InChI is InChI=1S/C21H19ClN2O3/c1-12-7-8-15(13(2)25)10-18(12)23-20(26)11-19-14(3)27-21(24-19)16-5-4-6-17(22)9-16/h4-10H,11H2,1-3H3,(H,23,26). The first kappa shape index (κ1) is 18.9. The van der Waals surface area contributed by atoms with Crippen LogP contribution in [0, 0.1) is 13.8 Å². The van der Waals surface area contributed by atoms with Gasteiger partial charge in [-0.1, -0.05) is 29.8 Å². The van der Waals surface area contributed by atoms with E-state index in [2.05, 4.69) is 10.3 Å². The van der Waals surface area contributed by atoms with Gasteiger partial charge in [0.25, 0.3) is 0 Å². The van der Waals surface area contributed by atoms with Crippen molar-refractivity contribution in [1.29, 1.82) is 0 Å². The molecule has 0 aliphatic heterocycles. The Hall–Kier alpha value is -2.92. The highest BCUT2D eigenvalue weighted by atomic mass is 35.5. The van der Waals surface area contributed by atoms with Crippen LogP contribution in [0.3, 0.4) is 0 Å². The third-order valence-corrected chi connectivity index (χ3v) is 4.45. The van der Waals surface area contributed by atoms with Gasteiger partial charge in [0.1, 0.15) is 5.76 Å². The number of carbonyl (C=O) groups excluding carboxylic acids is 2. The van der Waals surface area contributed by atoms with Crippen molar-refractivity contribution >= 4 is 29.0 Å². The van der Waals surface area contributed by atoms with Crippen LogP contribution in [0.15, 0.2) is 46.9 Å². The Morgan fingerprint density at radius 2 is 1.93 bits per heavy atom. The Morgan fingerprint density at radius 1 is 1.15 bits per heavy atom. The number of hydrogen-bond donors (Lipinski definition) is 1. The average Bonchev–Trinajstić information content (AvgIpc) is 2.97. The fourth-order valence-corrected chi connectivity index (χ4v) is 2.85. The zero-order valence-electron chi connectivity index (χ0n) is 15.3. The zero-order valence-corrected chi connectivity index (χ0v) is 16.1. The number of ketones is 1. The number of oxazole rings is 1. The molecule has 6 heteroatoms. The number of amides is 1. The number of rotatable bonds is 5. The van der Waals surface area contributed by atoms with Crippen molar-refractivity contribution < 1.29 is 14.0 Å². The van der Waals surface area contributed by atoms with Crippen molar-refractivity contribution in [2.45, 2.75) is 27.2 Å². The van der Waals surface area contributed by atoms with Gasteiger partial charge in [-0.05, 0) is 50.6 Å². The fourth-order valence-electron chi connectivity index (χ4n) is 2.66. The predicted molar refractivity (Wildman–Crippen MR) is 105 cm³/mol. The SMILES string of the molecule is CC(=O)c1ccc(C)c(NC(=O)Cc2nc(-c3cccc(Cl)c3)oc2C)c1. The highest BCUT2D eigenvalue weighted by molar-refractivity contribution is 6.30. The molecule has 5 nitrogen and oxygen atoms in total. The number of carbonyl (C=O) groups is 2. The van der Waals surface area contributed by atoms with E-state index in [1.54, 1.807) is 31.2 Å². The van der Waals surface area contributed by atoms with Gasteiger partial charge in [0, 0.05) is 21.8 Å². The Kier molecular flexibility index (Phi) is 5.42. The largest absolute Gasteiger partial charge is 0.441 e. The van der Waals surface area contributed by atoms with Gasteiger partial charge < -0.3 is 9.73 Å². The Bertz CT molecular complexity index is 1020. The highest BCUT2D eigenvalue weighted by Gasteiger charge is 2.16. The third-order valence-electron chi connectivity index (χ3n) is 4.21. The summed E-state index contributed by atoms with van der Waals surface area (Å²) in [5.41, 5.74) is 3.36. The first-order valence-electron chi connectivity index (χ1n) is 8.47. The van der Waals surface area contributed by atoms with Gasteiger partial charge in [-0.3, -0.25) is 9.59 Å². The van der Waals surface area contributed by atoms with Crippen molar-refractivity contribution in [2.75, 3.05) is 5.32 Å². The van der Waals surface area contributed by atoms with Gasteiger partial charge in [0.05, 0.1) is 12.1 Å². The zero-order chi connectivity index (χ0) is 19.6. The minimum Gasteiger partial charge on any atom is -0.441 e. The van der Waals surface area contributed by atoms with Gasteiger partial charge in [-0.15, -0.1) is 0 Å². The second-order valence-electron chi connectivity index (χ2n) is 6.34. The van der Waals surface area contributed by atoms with Gasteiger partial charge in [-0.25, -0.2) is 4.98 Å². The molecule has 0 fully saturated rings. The van der Waals surface area contributed by atoms with E-state index in [1.807, 2.05) is 25.1 Å². The van der Waals surface area contributed by atoms with Crippen LogP contribution in [0.1, 0.15) is 34.3 Å². The molecule has 2 aromatic carbocycles. The molecule has 1 amide bonds. The maximum Gasteiger partial charge on any atom is 0.230 e. The number of anilines is 1. The number of aryl methyl sites for hydroxylation is 2. The molecular formula is C21H19ClN2O3. The second-order valence-corrected chi connectivity index (χ2v) is 6.78. The summed E-state index contributed by atoms with van der Waals surface area (Å²) >= 11 is 6.01. The summed E-state index contributed by atoms with van der Waals surface area (Å²) in [6.45, 7) is 5.13.